The van der Waals surface area contributed by atoms with Crippen molar-refractivity contribution in [3.63, 3.8) is 0 Å². The third-order valence-corrected chi connectivity index (χ3v) is 3.77. The molecule has 2 heterocycles. The highest BCUT2D eigenvalue weighted by Crippen LogP contribution is 2.13. The maximum Gasteiger partial charge on any atom is 0.319 e. The zero-order chi connectivity index (χ0) is 13.8. The maximum atomic E-state index is 12.2. The number of hydrogen-bond acceptors (Lipinski definition) is 5. The van der Waals surface area contributed by atoms with E-state index in [1.807, 2.05) is 16.7 Å². The van der Waals surface area contributed by atoms with Gasteiger partial charge in [0.15, 0.2) is 0 Å². The first-order valence-corrected chi connectivity index (χ1v) is 6.59. The molecule has 0 bridgehead atoms. The summed E-state index contributed by atoms with van der Waals surface area (Å²) in [5, 5.41) is 3.15. The lowest BCUT2D eigenvalue weighted by atomic mass is 10.0. The van der Waals surface area contributed by atoms with E-state index in [4.69, 9.17) is 0 Å². The minimum atomic E-state index is -0.224. The molecular formula is C13H21N3O3. The molecule has 0 spiro atoms. The third kappa shape index (κ3) is 3.33. The lowest BCUT2D eigenvalue weighted by Gasteiger charge is -2.35. The summed E-state index contributed by atoms with van der Waals surface area (Å²) < 4.78 is 4.64. The Balaban J connectivity index is 1.83. The van der Waals surface area contributed by atoms with Crippen molar-refractivity contribution in [3.05, 3.63) is 11.1 Å². The van der Waals surface area contributed by atoms with E-state index in [-0.39, 0.29) is 11.9 Å². The summed E-state index contributed by atoms with van der Waals surface area (Å²) in [7, 11) is 1.39. The molecular weight excluding hydrogens is 246 g/mol. The molecule has 2 aliphatic heterocycles. The van der Waals surface area contributed by atoms with Gasteiger partial charge in [-0.15, -0.1) is 0 Å². The summed E-state index contributed by atoms with van der Waals surface area (Å²) in [6, 6.07) is 0. The highest BCUT2D eigenvalue weighted by Gasteiger charge is 2.25. The summed E-state index contributed by atoms with van der Waals surface area (Å²) in [6.45, 7) is 6.67. The van der Waals surface area contributed by atoms with E-state index in [2.05, 4.69) is 10.1 Å². The number of piperazine rings is 1. The molecule has 1 amide bonds. The van der Waals surface area contributed by atoms with Gasteiger partial charge in [-0.2, -0.15) is 0 Å². The Kier molecular flexibility index (Phi) is 4.55. The van der Waals surface area contributed by atoms with Gasteiger partial charge in [0, 0.05) is 44.8 Å². The molecule has 0 aromatic carbocycles. The van der Waals surface area contributed by atoms with E-state index >= 15 is 0 Å². The summed E-state index contributed by atoms with van der Waals surface area (Å²) >= 11 is 0. The van der Waals surface area contributed by atoms with Crippen LogP contribution in [0.4, 0.5) is 0 Å². The molecule has 106 valence electrons. The topological polar surface area (TPSA) is 61.9 Å². The zero-order valence-corrected chi connectivity index (χ0v) is 11.6. The molecule has 6 nitrogen and oxygen atoms in total. The maximum absolute atomic E-state index is 12.2. The second-order valence-electron chi connectivity index (χ2n) is 4.98. The molecule has 0 aliphatic carbocycles. The van der Waals surface area contributed by atoms with Gasteiger partial charge in [0.2, 0.25) is 5.91 Å². The van der Waals surface area contributed by atoms with E-state index in [0.29, 0.717) is 19.6 Å². The lowest BCUT2D eigenvalue weighted by molar-refractivity contribution is -0.142. The van der Waals surface area contributed by atoms with Crippen molar-refractivity contribution in [2.45, 2.75) is 6.92 Å². The zero-order valence-electron chi connectivity index (χ0n) is 11.6. The van der Waals surface area contributed by atoms with E-state index in [0.717, 1.165) is 31.8 Å². The molecule has 19 heavy (non-hydrogen) atoms. The number of esters is 1. The number of carbonyl (C=O) groups excluding carboxylic acids is 2. The molecule has 0 radical (unpaired) electrons. The van der Waals surface area contributed by atoms with Crippen LogP contribution in [0.5, 0.6) is 0 Å². The van der Waals surface area contributed by atoms with Crippen molar-refractivity contribution >= 4 is 11.9 Å². The van der Waals surface area contributed by atoms with Gasteiger partial charge >= 0.3 is 5.97 Å². The SMILES string of the molecule is COC(=O)CN1CCN(C(=O)C(C)=C2CNC2)CC1. The van der Waals surface area contributed by atoms with E-state index in [1.54, 1.807) is 0 Å². The number of nitrogens with zero attached hydrogens (tertiary/aromatic N) is 2. The number of nitrogens with one attached hydrogen (secondary N) is 1. The fourth-order valence-corrected chi connectivity index (χ4v) is 2.26. The normalized spacial score (nSPS) is 19.9. The van der Waals surface area contributed by atoms with Crippen LogP contribution in [0.1, 0.15) is 6.92 Å². The summed E-state index contributed by atoms with van der Waals surface area (Å²) in [4.78, 5) is 27.3. The molecule has 2 aliphatic rings. The molecule has 1 N–H and O–H groups in total. The Morgan fingerprint density at radius 2 is 1.84 bits per heavy atom. The van der Waals surface area contributed by atoms with Crippen LogP contribution in [0.2, 0.25) is 0 Å². The molecule has 2 saturated heterocycles. The average Bonchev–Trinajstić information content (AvgIpc) is 2.36. The second kappa shape index (κ2) is 6.16. The van der Waals surface area contributed by atoms with Gasteiger partial charge in [-0.1, -0.05) is 0 Å². The first-order chi connectivity index (χ1) is 9.11. The number of ether oxygens (including phenoxy) is 1. The highest BCUT2D eigenvalue weighted by atomic mass is 16.5. The Bertz CT molecular complexity index is 392. The van der Waals surface area contributed by atoms with Crippen LogP contribution in [0.25, 0.3) is 0 Å². The minimum Gasteiger partial charge on any atom is -0.468 e. The largest absolute Gasteiger partial charge is 0.468 e. The van der Waals surface area contributed by atoms with E-state index < -0.39 is 0 Å². The molecule has 0 aromatic rings. The molecule has 0 aromatic heterocycles. The standard InChI is InChI=1S/C13H21N3O3/c1-10(11-7-14-8-11)13(18)16-5-3-15(4-6-16)9-12(17)19-2/h14H,3-9H2,1-2H3. The van der Waals surface area contributed by atoms with Crippen LogP contribution in [-0.2, 0) is 14.3 Å². The first kappa shape index (κ1) is 14.0. The highest BCUT2D eigenvalue weighted by molar-refractivity contribution is 5.94. The van der Waals surface area contributed by atoms with Crippen LogP contribution >= 0.6 is 0 Å². The van der Waals surface area contributed by atoms with E-state index in [9.17, 15) is 9.59 Å². The Morgan fingerprint density at radius 3 is 2.32 bits per heavy atom. The van der Waals surface area contributed by atoms with Crippen molar-refractivity contribution in [3.8, 4) is 0 Å². The number of rotatable bonds is 3. The quantitative estimate of drug-likeness (QED) is 0.537. The second-order valence-corrected chi connectivity index (χ2v) is 4.98. The molecule has 2 rings (SSSR count). The molecule has 2 fully saturated rings. The number of methoxy groups -OCH3 is 1. The van der Waals surface area contributed by atoms with Crippen LogP contribution in [-0.4, -0.2) is 74.6 Å². The minimum absolute atomic E-state index is 0.134. The lowest BCUT2D eigenvalue weighted by Crippen LogP contribution is -2.50. The van der Waals surface area contributed by atoms with Crippen molar-refractivity contribution in [1.29, 1.82) is 0 Å². The smallest absolute Gasteiger partial charge is 0.319 e. The molecule has 6 heteroatoms. The van der Waals surface area contributed by atoms with Crippen LogP contribution in [0, 0.1) is 0 Å². The van der Waals surface area contributed by atoms with Gasteiger partial charge in [-0.25, -0.2) is 0 Å². The van der Waals surface area contributed by atoms with Gasteiger partial charge < -0.3 is 15.0 Å². The third-order valence-electron chi connectivity index (χ3n) is 3.77. The number of hydrogen-bond donors (Lipinski definition) is 1. The van der Waals surface area contributed by atoms with Crippen LogP contribution in [0.3, 0.4) is 0 Å². The van der Waals surface area contributed by atoms with Crippen molar-refractivity contribution in [2.24, 2.45) is 0 Å². The molecule has 0 unspecified atom stereocenters. The molecule has 0 atom stereocenters. The van der Waals surface area contributed by atoms with Gasteiger partial charge in [0.25, 0.3) is 0 Å². The van der Waals surface area contributed by atoms with Crippen LogP contribution in [0.15, 0.2) is 11.1 Å². The summed E-state index contributed by atoms with van der Waals surface area (Å²) in [5.41, 5.74) is 2.09. The summed E-state index contributed by atoms with van der Waals surface area (Å²) in [6.07, 6.45) is 0. The fraction of sp³-hybridized carbons (Fsp3) is 0.692. The van der Waals surface area contributed by atoms with Crippen LogP contribution < -0.4 is 5.32 Å². The van der Waals surface area contributed by atoms with Crippen molar-refractivity contribution < 1.29 is 14.3 Å². The van der Waals surface area contributed by atoms with E-state index in [1.165, 1.54) is 12.7 Å². The first-order valence-electron chi connectivity index (χ1n) is 6.59. The van der Waals surface area contributed by atoms with Gasteiger partial charge in [0.05, 0.1) is 13.7 Å². The van der Waals surface area contributed by atoms with Crippen molar-refractivity contribution in [1.82, 2.24) is 15.1 Å². The Labute approximate surface area is 113 Å². The summed E-state index contributed by atoms with van der Waals surface area (Å²) in [5.74, 6) is -0.0900. The van der Waals surface area contributed by atoms with Gasteiger partial charge in [-0.3, -0.25) is 14.5 Å². The average molecular weight is 267 g/mol. The van der Waals surface area contributed by atoms with Gasteiger partial charge in [-0.05, 0) is 12.5 Å². The Morgan fingerprint density at radius 1 is 1.21 bits per heavy atom. The predicted molar refractivity (Wildman–Crippen MR) is 70.6 cm³/mol. The fourth-order valence-electron chi connectivity index (χ4n) is 2.26. The monoisotopic (exact) mass is 267 g/mol. The van der Waals surface area contributed by atoms with Crippen molar-refractivity contribution in [2.75, 3.05) is 52.9 Å². The number of carbonyl (C=O) groups is 2. The predicted octanol–water partition coefficient (Wildman–Crippen LogP) is -0.777. The van der Waals surface area contributed by atoms with Gasteiger partial charge in [0.1, 0.15) is 0 Å². The number of amides is 1. The Hall–Kier alpha value is -1.40. The molecule has 0 saturated carbocycles.